The molecule has 0 aromatic rings. The van der Waals surface area contributed by atoms with Gasteiger partial charge in [-0.05, 0) is 46.6 Å². The van der Waals surface area contributed by atoms with Crippen molar-refractivity contribution >= 4 is 0 Å². The Morgan fingerprint density at radius 2 is 1.72 bits per heavy atom. The highest BCUT2D eigenvalue weighted by atomic mass is 14.2. The number of hydrogen-bond acceptors (Lipinski definition) is 0. The van der Waals surface area contributed by atoms with Crippen LogP contribution in [0.1, 0.15) is 56.7 Å². The molecule has 0 spiro atoms. The van der Waals surface area contributed by atoms with E-state index >= 15 is 0 Å². The zero-order chi connectivity index (χ0) is 13.1. The van der Waals surface area contributed by atoms with E-state index in [0.29, 0.717) is 5.92 Å². The first kappa shape index (κ1) is 13.1. The molecule has 0 bridgehead atoms. The SMILES string of the molecule is CCCc1cc2ccc(C(C)C)ccc-2c1CC. The quantitative estimate of drug-likeness (QED) is 0.668. The molecule has 0 radical (unpaired) electrons. The summed E-state index contributed by atoms with van der Waals surface area (Å²) in [5.41, 5.74) is 7.38. The van der Waals surface area contributed by atoms with E-state index in [2.05, 4.69) is 58.0 Å². The number of aryl methyl sites for hydroxylation is 1. The van der Waals surface area contributed by atoms with E-state index in [9.17, 15) is 0 Å². The molecular weight excluding hydrogens is 216 g/mol. The van der Waals surface area contributed by atoms with Crippen molar-refractivity contribution in [2.45, 2.75) is 52.9 Å². The third-order valence-corrected chi connectivity index (χ3v) is 3.79. The van der Waals surface area contributed by atoms with Gasteiger partial charge in [0.15, 0.2) is 0 Å². The maximum atomic E-state index is 2.39. The first-order chi connectivity index (χ1) is 8.67. The molecule has 0 heterocycles. The third-order valence-electron chi connectivity index (χ3n) is 3.79. The van der Waals surface area contributed by atoms with Gasteiger partial charge in [0.05, 0.1) is 0 Å². The zero-order valence-electron chi connectivity index (χ0n) is 12.1. The molecule has 0 saturated carbocycles. The van der Waals surface area contributed by atoms with Crippen LogP contribution in [0.4, 0.5) is 0 Å². The van der Waals surface area contributed by atoms with Crippen LogP contribution >= 0.6 is 0 Å². The summed E-state index contributed by atoms with van der Waals surface area (Å²) in [6.45, 7) is 9.03. The lowest BCUT2D eigenvalue weighted by molar-refractivity contribution is 0.868. The van der Waals surface area contributed by atoms with Gasteiger partial charge in [-0.3, -0.25) is 0 Å². The van der Waals surface area contributed by atoms with Crippen LogP contribution in [-0.2, 0) is 12.8 Å². The fourth-order valence-corrected chi connectivity index (χ4v) is 2.75. The molecule has 0 amide bonds. The molecular formula is C18H24. The summed E-state index contributed by atoms with van der Waals surface area (Å²) in [4.78, 5) is 0. The Balaban J connectivity index is 2.55. The van der Waals surface area contributed by atoms with Gasteiger partial charge in [-0.1, -0.05) is 64.4 Å². The minimum Gasteiger partial charge on any atom is -0.0651 e. The molecule has 0 saturated heterocycles. The summed E-state index contributed by atoms with van der Waals surface area (Å²) in [6, 6.07) is 11.6. The van der Waals surface area contributed by atoms with Crippen molar-refractivity contribution in [3.05, 3.63) is 47.0 Å². The maximum absolute atomic E-state index is 2.39. The van der Waals surface area contributed by atoms with Crippen LogP contribution in [0.15, 0.2) is 30.3 Å². The summed E-state index contributed by atoms with van der Waals surface area (Å²) in [7, 11) is 0. The molecule has 96 valence electrons. The minimum absolute atomic E-state index is 0.599. The van der Waals surface area contributed by atoms with Gasteiger partial charge in [-0.25, -0.2) is 0 Å². The standard InChI is InChI=1S/C18H24/c1-5-7-15-12-16-9-8-14(13(3)4)10-11-18(16)17(15)6-2/h8-13H,5-7H2,1-4H3. The number of hydrogen-bond donors (Lipinski definition) is 0. The van der Waals surface area contributed by atoms with E-state index in [1.54, 1.807) is 11.1 Å². The highest BCUT2D eigenvalue weighted by Crippen LogP contribution is 2.33. The molecule has 2 aliphatic carbocycles. The molecule has 0 nitrogen and oxygen atoms in total. The summed E-state index contributed by atoms with van der Waals surface area (Å²) >= 11 is 0. The van der Waals surface area contributed by atoms with Crippen molar-refractivity contribution in [1.82, 2.24) is 0 Å². The van der Waals surface area contributed by atoms with Gasteiger partial charge < -0.3 is 0 Å². The van der Waals surface area contributed by atoms with Gasteiger partial charge in [0.2, 0.25) is 0 Å². The Morgan fingerprint density at radius 1 is 1.00 bits per heavy atom. The average molecular weight is 240 g/mol. The zero-order valence-corrected chi connectivity index (χ0v) is 12.1. The Bertz CT molecular complexity index is 494. The largest absolute Gasteiger partial charge is 0.0651 e. The van der Waals surface area contributed by atoms with Crippen molar-refractivity contribution in [2.24, 2.45) is 0 Å². The average Bonchev–Trinajstić information content (AvgIpc) is 2.53. The second-order valence-corrected chi connectivity index (χ2v) is 5.44. The molecule has 0 aromatic carbocycles. The van der Waals surface area contributed by atoms with Crippen LogP contribution in [0.25, 0.3) is 11.1 Å². The van der Waals surface area contributed by atoms with E-state index in [4.69, 9.17) is 0 Å². The first-order valence-electron chi connectivity index (χ1n) is 7.21. The van der Waals surface area contributed by atoms with Crippen molar-refractivity contribution in [3.8, 4) is 11.1 Å². The molecule has 0 N–H and O–H groups in total. The van der Waals surface area contributed by atoms with Gasteiger partial charge in [0, 0.05) is 0 Å². The highest BCUT2D eigenvalue weighted by molar-refractivity contribution is 5.73. The molecule has 0 heteroatoms. The summed E-state index contributed by atoms with van der Waals surface area (Å²) in [6.07, 6.45) is 3.57. The van der Waals surface area contributed by atoms with Gasteiger partial charge in [0.1, 0.15) is 0 Å². The van der Waals surface area contributed by atoms with Gasteiger partial charge in [0.25, 0.3) is 0 Å². The smallest absolute Gasteiger partial charge is 0.0149 e. The predicted molar refractivity (Wildman–Crippen MR) is 80.5 cm³/mol. The topological polar surface area (TPSA) is 0 Å². The Labute approximate surface area is 111 Å². The van der Waals surface area contributed by atoms with E-state index in [0.717, 1.165) is 6.42 Å². The van der Waals surface area contributed by atoms with Crippen LogP contribution in [0, 0.1) is 0 Å². The van der Waals surface area contributed by atoms with E-state index < -0.39 is 0 Å². The van der Waals surface area contributed by atoms with Crippen molar-refractivity contribution in [2.75, 3.05) is 0 Å². The summed E-state index contributed by atoms with van der Waals surface area (Å²) < 4.78 is 0. The summed E-state index contributed by atoms with van der Waals surface area (Å²) in [5, 5.41) is 0. The lowest BCUT2D eigenvalue weighted by Crippen LogP contribution is -1.87. The fraction of sp³-hybridized carbons (Fsp3) is 0.444. The van der Waals surface area contributed by atoms with E-state index in [1.807, 2.05) is 0 Å². The van der Waals surface area contributed by atoms with Crippen LogP contribution in [0.5, 0.6) is 0 Å². The molecule has 0 unspecified atom stereocenters. The second kappa shape index (κ2) is 5.56. The second-order valence-electron chi connectivity index (χ2n) is 5.44. The molecule has 2 rings (SSSR count). The Hall–Kier alpha value is -1.30. The van der Waals surface area contributed by atoms with Crippen LogP contribution in [0.3, 0.4) is 0 Å². The molecule has 0 aromatic heterocycles. The molecule has 0 atom stereocenters. The Morgan fingerprint density at radius 3 is 2.33 bits per heavy atom. The van der Waals surface area contributed by atoms with E-state index in [1.165, 1.54) is 29.5 Å². The molecule has 2 aliphatic rings. The lowest BCUT2D eigenvalue weighted by Gasteiger charge is -2.02. The monoisotopic (exact) mass is 240 g/mol. The number of fused-ring (bicyclic) bond motifs is 1. The first-order valence-corrected chi connectivity index (χ1v) is 7.21. The normalized spacial score (nSPS) is 11.4. The Kier molecular flexibility index (Phi) is 4.06. The van der Waals surface area contributed by atoms with Crippen LogP contribution in [0.2, 0.25) is 0 Å². The van der Waals surface area contributed by atoms with Crippen LogP contribution < -0.4 is 0 Å². The van der Waals surface area contributed by atoms with Gasteiger partial charge in [-0.2, -0.15) is 0 Å². The predicted octanol–water partition coefficient (Wildman–Crippen LogP) is 5.43. The van der Waals surface area contributed by atoms with Crippen molar-refractivity contribution in [3.63, 3.8) is 0 Å². The fourth-order valence-electron chi connectivity index (χ4n) is 2.75. The minimum atomic E-state index is 0.599. The van der Waals surface area contributed by atoms with Gasteiger partial charge >= 0.3 is 0 Å². The highest BCUT2D eigenvalue weighted by Gasteiger charge is 2.13. The number of rotatable bonds is 4. The van der Waals surface area contributed by atoms with Gasteiger partial charge in [-0.15, -0.1) is 0 Å². The molecule has 0 fully saturated rings. The summed E-state index contributed by atoms with van der Waals surface area (Å²) in [5.74, 6) is 0.599. The molecule has 18 heavy (non-hydrogen) atoms. The molecule has 0 aliphatic heterocycles. The lowest BCUT2D eigenvalue weighted by atomic mass is 10.0. The van der Waals surface area contributed by atoms with Crippen molar-refractivity contribution < 1.29 is 0 Å². The van der Waals surface area contributed by atoms with Crippen LogP contribution in [-0.4, -0.2) is 0 Å². The van der Waals surface area contributed by atoms with Crippen molar-refractivity contribution in [1.29, 1.82) is 0 Å². The third kappa shape index (κ3) is 2.43. The maximum Gasteiger partial charge on any atom is -0.0149 e. The van der Waals surface area contributed by atoms with E-state index in [-0.39, 0.29) is 0 Å².